The smallest absolute Gasteiger partial charge is 0.267 e. The molecule has 0 bridgehead atoms. The molecule has 1 aromatic heterocycles. The Labute approximate surface area is 104 Å². The zero-order chi connectivity index (χ0) is 12.1. The summed E-state index contributed by atoms with van der Waals surface area (Å²) in [5, 5.41) is 3.29. The average Bonchev–Trinajstić information content (AvgIpc) is 2.23. The molecule has 90 valence electrons. The molecule has 0 atom stereocenters. The number of aryl methyl sites for hydroxylation is 1. The maximum Gasteiger partial charge on any atom is 0.267 e. The van der Waals surface area contributed by atoms with Gasteiger partial charge in [0.25, 0.3) is 5.56 Å². The van der Waals surface area contributed by atoms with E-state index >= 15 is 0 Å². The van der Waals surface area contributed by atoms with Crippen LogP contribution in [0.5, 0.6) is 0 Å². The Morgan fingerprint density at radius 3 is 2.88 bits per heavy atom. The second-order valence-corrected chi connectivity index (χ2v) is 5.03. The van der Waals surface area contributed by atoms with Crippen molar-refractivity contribution in [2.75, 3.05) is 13.1 Å². The number of hydrogen-bond acceptors (Lipinski definition) is 3. The molecule has 0 aromatic carbocycles. The van der Waals surface area contributed by atoms with Crippen LogP contribution in [-0.2, 0) is 6.54 Å². The summed E-state index contributed by atoms with van der Waals surface area (Å²) in [7, 11) is 0. The standard InChI is InChI=1S/C11H18BrN3O/c1-8(2)6-13-4-5-15-7-14-9(3)10(12)11(15)16/h7-8,13H,4-6H2,1-3H3. The molecule has 16 heavy (non-hydrogen) atoms. The third-order valence-corrected chi connectivity index (χ3v) is 3.15. The van der Waals surface area contributed by atoms with Gasteiger partial charge in [-0.1, -0.05) is 13.8 Å². The van der Waals surface area contributed by atoms with Crippen LogP contribution >= 0.6 is 15.9 Å². The van der Waals surface area contributed by atoms with E-state index in [9.17, 15) is 4.79 Å². The van der Waals surface area contributed by atoms with Crippen molar-refractivity contribution in [2.45, 2.75) is 27.3 Å². The lowest BCUT2D eigenvalue weighted by atomic mass is 10.2. The Morgan fingerprint density at radius 1 is 1.56 bits per heavy atom. The van der Waals surface area contributed by atoms with Crippen molar-refractivity contribution >= 4 is 15.9 Å². The molecule has 0 aliphatic heterocycles. The highest BCUT2D eigenvalue weighted by molar-refractivity contribution is 9.10. The molecule has 1 heterocycles. The molecule has 0 aliphatic carbocycles. The second kappa shape index (κ2) is 6.15. The summed E-state index contributed by atoms with van der Waals surface area (Å²) >= 11 is 3.25. The number of aromatic nitrogens is 2. The largest absolute Gasteiger partial charge is 0.315 e. The summed E-state index contributed by atoms with van der Waals surface area (Å²) in [4.78, 5) is 15.9. The number of nitrogens with zero attached hydrogens (tertiary/aromatic N) is 2. The van der Waals surface area contributed by atoms with Gasteiger partial charge in [-0.05, 0) is 35.3 Å². The van der Waals surface area contributed by atoms with Crippen molar-refractivity contribution in [3.05, 3.63) is 26.8 Å². The van der Waals surface area contributed by atoms with Gasteiger partial charge in [0.15, 0.2) is 0 Å². The predicted octanol–water partition coefficient (Wildman–Crippen LogP) is 1.56. The average molecular weight is 288 g/mol. The van der Waals surface area contributed by atoms with Crippen LogP contribution in [0.3, 0.4) is 0 Å². The fraction of sp³-hybridized carbons (Fsp3) is 0.636. The maximum absolute atomic E-state index is 11.8. The molecule has 1 aromatic rings. The second-order valence-electron chi connectivity index (χ2n) is 4.24. The first-order valence-corrected chi connectivity index (χ1v) is 6.24. The molecule has 0 fully saturated rings. The molecule has 0 spiro atoms. The lowest BCUT2D eigenvalue weighted by Gasteiger charge is -2.09. The van der Waals surface area contributed by atoms with E-state index in [0.29, 0.717) is 16.9 Å². The Balaban J connectivity index is 2.55. The fourth-order valence-corrected chi connectivity index (χ4v) is 1.63. The van der Waals surface area contributed by atoms with E-state index in [2.05, 4.69) is 40.1 Å². The normalized spacial score (nSPS) is 11.1. The van der Waals surface area contributed by atoms with E-state index in [0.717, 1.165) is 18.8 Å². The molecule has 1 rings (SSSR count). The van der Waals surface area contributed by atoms with Crippen molar-refractivity contribution in [1.82, 2.24) is 14.9 Å². The SMILES string of the molecule is Cc1ncn(CCNCC(C)C)c(=O)c1Br. The summed E-state index contributed by atoms with van der Waals surface area (Å²) in [6.45, 7) is 8.53. The molecule has 0 radical (unpaired) electrons. The Bertz CT molecular complexity index is 401. The highest BCUT2D eigenvalue weighted by Crippen LogP contribution is 2.05. The molecule has 0 aliphatic rings. The molecule has 0 amide bonds. The summed E-state index contributed by atoms with van der Waals surface area (Å²) in [5.41, 5.74) is 0.718. The van der Waals surface area contributed by atoms with E-state index < -0.39 is 0 Å². The van der Waals surface area contributed by atoms with Crippen molar-refractivity contribution in [1.29, 1.82) is 0 Å². The van der Waals surface area contributed by atoms with Gasteiger partial charge in [0, 0.05) is 13.1 Å². The first kappa shape index (κ1) is 13.4. The van der Waals surface area contributed by atoms with Gasteiger partial charge in [0.1, 0.15) is 4.47 Å². The molecule has 0 unspecified atom stereocenters. The zero-order valence-corrected chi connectivity index (χ0v) is 11.5. The van der Waals surface area contributed by atoms with Crippen LogP contribution in [0.15, 0.2) is 15.6 Å². The van der Waals surface area contributed by atoms with Gasteiger partial charge in [-0.25, -0.2) is 4.98 Å². The first-order chi connectivity index (χ1) is 7.52. The van der Waals surface area contributed by atoms with E-state index in [-0.39, 0.29) is 5.56 Å². The minimum absolute atomic E-state index is 0.0150. The van der Waals surface area contributed by atoms with E-state index in [1.165, 1.54) is 0 Å². The molecular weight excluding hydrogens is 270 g/mol. The number of halogens is 1. The minimum Gasteiger partial charge on any atom is -0.315 e. The summed E-state index contributed by atoms with van der Waals surface area (Å²) in [5.74, 6) is 0.625. The molecule has 4 nitrogen and oxygen atoms in total. The first-order valence-electron chi connectivity index (χ1n) is 5.44. The Morgan fingerprint density at radius 2 is 2.25 bits per heavy atom. The van der Waals surface area contributed by atoms with Crippen LogP contribution in [0.4, 0.5) is 0 Å². The van der Waals surface area contributed by atoms with Gasteiger partial charge in [-0.2, -0.15) is 0 Å². The lowest BCUT2D eigenvalue weighted by molar-refractivity contribution is 0.516. The molecule has 0 saturated heterocycles. The zero-order valence-electron chi connectivity index (χ0n) is 9.96. The van der Waals surface area contributed by atoms with Crippen LogP contribution in [0.25, 0.3) is 0 Å². The van der Waals surface area contributed by atoms with E-state index in [4.69, 9.17) is 0 Å². The van der Waals surface area contributed by atoms with Crippen molar-refractivity contribution in [3.8, 4) is 0 Å². The van der Waals surface area contributed by atoms with Gasteiger partial charge >= 0.3 is 0 Å². The van der Waals surface area contributed by atoms with Gasteiger partial charge in [0.05, 0.1) is 12.0 Å². The monoisotopic (exact) mass is 287 g/mol. The van der Waals surface area contributed by atoms with Gasteiger partial charge in [0.2, 0.25) is 0 Å². The predicted molar refractivity (Wildman–Crippen MR) is 68.6 cm³/mol. The third-order valence-electron chi connectivity index (χ3n) is 2.24. The van der Waals surface area contributed by atoms with E-state index in [1.54, 1.807) is 10.9 Å². The van der Waals surface area contributed by atoms with Gasteiger partial charge < -0.3 is 5.32 Å². The third kappa shape index (κ3) is 3.72. The van der Waals surface area contributed by atoms with Crippen LogP contribution in [-0.4, -0.2) is 22.6 Å². The summed E-state index contributed by atoms with van der Waals surface area (Å²) < 4.78 is 2.17. The number of hydrogen-bond donors (Lipinski definition) is 1. The minimum atomic E-state index is -0.0150. The summed E-state index contributed by atoms with van der Waals surface area (Å²) in [6, 6.07) is 0. The fourth-order valence-electron chi connectivity index (χ4n) is 1.30. The molecular formula is C11H18BrN3O. The van der Waals surface area contributed by atoms with Crippen LogP contribution in [0.1, 0.15) is 19.5 Å². The maximum atomic E-state index is 11.8. The topological polar surface area (TPSA) is 46.9 Å². The van der Waals surface area contributed by atoms with E-state index in [1.807, 2.05) is 6.92 Å². The van der Waals surface area contributed by atoms with Crippen LogP contribution in [0.2, 0.25) is 0 Å². The van der Waals surface area contributed by atoms with Crippen molar-refractivity contribution in [3.63, 3.8) is 0 Å². The molecule has 1 N–H and O–H groups in total. The number of rotatable bonds is 5. The van der Waals surface area contributed by atoms with Gasteiger partial charge in [-0.15, -0.1) is 0 Å². The van der Waals surface area contributed by atoms with Gasteiger partial charge in [-0.3, -0.25) is 9.36 Å². The summed E-state index contributed by atoms with van der Waals surface area (Å²) in [6.07, 6.45) is 1.60. The highest BCUT2D eigenvalue weighted by Gasteiger charge is 2.04. The van der Waals surface area contributed by atoms with Crippen molar-refractivity contribution in [2.24, 2.45) is 5.92 Å². The lowest BCUT2D eigenvalue weighted by Crippen LogP contribution is -2.29. The number of nitrogens with one attached hydrogen (secondary N) is 1. The highest BCUT2D eigenvalue weighted by atomic mass is 79.9. The molecule has 0 saturated carbocycles. The van der Waals surface area contributed by atoms with Crippen LogP contribution in [0, 0.1) is 12.8 Å². The molecule has 5 heteroatoms. The van der Waals surface area contributed by atoms with Crippen LogP contribution < -0.4 is 10.9 Å². The Hall–Kier alpha value is -0.680. The Kier molecular flexibility index (Phi) is 5.15. The quantitative estimate of drug-likeness (QED) is 0.836. The van der Waals surface area contributed by atoms with Crippen molar-refractivity contribution < 1.29 is 0 Å².